The first kappa shape index (κ1) is 13.0. The van der Waals surface area contributed by atoms with Crippen LogP contribution in [0.3, 0.4) is 0 Å². The van der Waals surface area contributed by atoms with Gasteiger partial charge in [-0.2, -0.15) is 11.8 Å². The fourth-order valence-corrected chi connectivity index (χ4v) is 4.81. The van der Waals surface area contributed by atoms with Gasteiger partial charge >= 0.3 is 0 Å². The van der Waals surface area contributed by atoms with Crippen molar-refractivity contribution in [2.24, 2.45) is 0 Å². The highest BCUT2D eigenvalue weighted by Gasteiger charge is 2.31. The van der Waals surface area contributed by atoms with Crippen molar-refractivity contribution in [2.75, 3.05) is 29.2 Å². The first-order valence-corrected chi connectivity index (χ1v) is 8.62. The fraction of sp³-hybridized carbons (Fsp3) is 0.500. The van der Waals surface area contributed by atoms with Gasteiger partial charge in [0.1, 0.15) is 10.5 Å². The van der Waals surface area contributed by atoms with E-state index in [1.54, 1.807) is 30.1 Å². The van der Waals surface area contributed by atoms with Crippen molar-refractivity contribution in [1.29, 1.82) is 0 Å². The zero-order valence-electron chi connectivity index (χ0n) is 9.34. The normalized spacial score (nSPS) is 21.5. The zero-order chi connectivity index (χ0) is 12.5. The summed E-state index contributed by atoms with van der Waals surface area (Å²) in [7, 11) is -3.09. The molecule has 0 aliphatic carbocycles. The van der Waals surface area contributed by atoms with Crippen molar-refractivity contribution < 1.29 is 8.42 Å². The van der Waals surface area contributed by atoms with Crippen LogP contribution >= 0.6 is 23.4 Å². The van der Waals surface area contributed by atoms with E-state index in [0.717, 1.165) is 11.4 Å². The van der Waals surface area contributed by atoms with Gasteiger partial charge in [0.2, 0.25) is 0 Å². The topological polar surface area (TPSA) is 50.3 Å². The van der Waals surface area contributed by atoms with Crippen molar-refractivity contribution in [3.05, 3.63) is 23.5 Å². The summed E-state index contributed by atoms with van der Waals surface area (Å²) < 4.78 is 23.5. The number of hydrogen-bond acceptors (Lipinski definition) is 5. The SMILES string of the molecule is CS(=O)(=O)C1CSCCN1c1ccnc(Cl)c1. The minimum Gasteiger partial charge on any atom is -0.353 e. The fourth-order valence-electron chi connectivity index (χ4n) is 1.80. The third kappa shape index (κ3) is 3.05. The average Bonchev–Trinajstić information content (AvgIpc) is 2.28. The second-order valence-corrected chi connectivity index (χ2v) is 7.63. The van der Waals surface area contributed by atoms with Gasteiger partial charge in [-0.3, -0.25) is 0 Å². The van der Waals surface area contributed by atoms with Gasteiger partial charge in [-0.15, -0.1) is 0 Å². The lowest BCUT2D eigenvalue weighted by Gasteiger charge is -2.35. The minimum atomic E-state index is -3.09. The molecule has 1 aliphatic rings. The molecular weight excluding hydrogens is 280 g/mol. The molecule has 0 amide bonds. The number of halogens is 1. The van der Waals surface area contributed by atoms with Crippen LogP contribution in [0.25, 0.3) is 0 Å². The van der Waals surface area contributed by atoms with Gasteiger partial charge in [-0.1, -0.05) is 11.6 Å². The first-order chi connectivity index (χ1) is 7.98. The van der Waals surface area contributed by atoms with E-state index in [0.29, 0.717) is 17.5 Å². The van der Waals surface area contributed by atoms with Crippen molar-refractivity contribution in [3.8, 4) is 0 Å². The molecule has 0 spiro atoms. The molecule has 17 heavy (non-hydrogen) atoms. The van der Waals surface area contributed by atoms with Crippen LogP contribution in [0, 0.1) is 0 Å². The summed E-state index contributed by atoms with van der Waals surface area (Å²) in [4.78, 5) is 5.79. The first-order valence-electron chi connectivity index (χ1n) is 5.13. The molecule has 4 nitrogen and oxygen atoms in total. The van der Waals surface area contributed by atoms with Gasteiger partial charge in [0.25, 0.3) is 0 Å². The average molecular weight is 293 g/mol. The van der Waals surface area contributed by atoms with Crippen molar-refractivity contribution in [1.82, 2.24) is 4.98 Å². The molecule has 1 atom stereocenters. The molecule has 1 aliphatic heterocycles. The van der Waals surface area contributed by atoms with Crippen LogP contribution in [0.2, 0.25) is 5.15 Å². The van der Waals surface area contributed by atoms with Crippen LogP contribution in [-0.2, 0) is 9.84 Å². The number of pyridine rings is 1. The quantitative estimate of drug-likeness (QED) is 0.776. The van der Waals surface area contributed by atoms with Gasteiger partial charge in [0.05, 0.1) is 0 Å². The second-order valence-electron chi connectivity index (χ2n) is 3.89. The van der Waals surface area contributed by atoms with Crippen LogP contribution in [0.4, 0.5) is 5.69 Å². The Hall–Kier alpha value is -0.460. The lowest BCUT2D eigenvalue weighted by atomic mass is 10.3. The molecule has 2 rings (SSSR count). The number of nitrogens with zero attached hydrogens (tertiary/aromatic N) is 2. The maximum Gasteiger partial charge on any atom is 0.169 e. The lowest BCUT2D eigenvalue weighted by molar-refractivity contribution is 0.584. The molecule has 94 valence electrons. The molecule has 1 aromatic rings. The Labute approximate surface area is 110 Å². The zero-order valence-corrected chi connectivity index (χ0v) is 11.7. The number of thioether (sulfide) groups is 1. The molecule has 1 aromatic heterocycles. The minimum absolute atomic E-state index is 0.382. The maximum atomic E-state index is 11.8. The van der Waals surface area contributed by atoms with Gasteiger partial charge in [-0.05, 0) is 12.1 Å². The van der Waals surface area contributed by atoms with E-state index in [1.165, 1.54) is 6.26 Å². The summed E-state index contributed by atoms with van der Waals surface area (Å²) in [6, 6.07) is 3.50. The lowest BCUT2D eigenvalue weighted by Crippen LogP contribution is -2.47. The van der Waals surface area contributed by atoms with E-state index in [1.807, 2.05) is 4.90 Å². The molecule has 0 aromatic carbocycles. The van der Waals surface area contributed by atoms with Gasteiger partial charge < -0.3 is 4.90 Å². The molecule has 0 saturated carbocycles. The Morgan fingerprint density at radius 3 is 3.00 bits per heavy atom. The van der Waals surface area contributed by atoms with E-state index < -0.39 is 15.2 Å². The van der Waals surface area contributed by atoms with E-state index in [4.69, 9.17) is 11.6 Å². The van der Waals surface area contributed by atoms with Crippen LogP contribution in [0.5, 0.6) is 0 Å². The van der Waals surface area contributed by atoms with E-state index >= 15 is 0 Å². The number of sulfone groups is 1. The summed E-state index contributed by atoms with van der Waals surface area (Å²) in [5.74, 6) is 1.52. The number of anilines is 1. The van der Waals surface area contributed by atoms with Crippen LogP contribution in [0.1, 0.15) is 0 Å². The second kappa shape index (κ2) is 5.04. The summed E-state index contributed by atoms with van der Waals surface area (Å²) in [5, 5.41) is -0.0901. The smallest absolute Gasteiger partial charge is 0.169 e. The molecule has 0 bridgehead atoms. The molecule has 7 heteroatoms. The summed E-state index contributed by atoms with van der Waals surface area (Å²) in [6.45, 7) is 0.711. The Kier molecular flexibility index (Phi) is 3.85. The predicted molar refractivity (Wildman–Crippen MR) is 72.5 cm³/mol. The Morgan fingerprint density at radius 2 is 2.35 bits per heavy atom. The van der Waals surface area contributed by atoms with Crippen molar-refractivity contribution in [2.45, 2.75) is 5.37 Å². The highest BCUT2D eigenvalue weighted by molar-refractivity contribution is 8.01. The van der Waals surface area contributed by atoms with Crippen LogP contribution < -0.4 is 4.90 Å². The van der Waals surface area contributed by atoms with Crippen molar-refractivity contribution in [3.63, 3.8) is 0 Å². The third-order valence-corrected chi connectivity index (χ3v) is 5.47. The molecule has 2 heterocycles. The molecule has 1 saturated heterocycles. The number of rotatable bonds is 2. The van der Waals surface area contributed by atoms with Crippen LogP contribution in [-0.4, -0.2) is 43.1 Å². The van der Waals surface area contributed by atoms with Gasteiger partial charge in [0.15, 0.2) is 9.84 Å². The number of hydrogen-bond donors (Lipinski definition) is 0. The van der Waals surface area contributed by atoms with Crippen molar-refractivity contribution >= 4 is 38.9 Å². The van der Waals surface area contributed by atoms with E-state index in [-0.39, 0.29) is 0 Å². The molecule has 0 radical (unpaired) electrons. The summed E-state index contributed by atoms with van der Waals surface area (Å²) >= 11 is 7.50. The summed E-state index contributed by atoms with van der Waals surface area (Å²) in [6.07, 6.45) is 2.87. The molecule has 1 fully saturated rings. The molecule has 0 N–H and O–H groups in total. The monoisotopic (exact) mass is 292 g/mol. The molecule has 1 unspecified atom stereocenters. The van der Waals surface area contributed by atoms with E-state index in [2.05, 4.69) is 4.98 Å². The standard InChI is InChI=1S/C10H13ClN2O2S2/c1-17(14,15)10-7-16-5-4-13(10)8-2-3-12-9(11)6-8/h2-3,6,10H,4-5,7H2,1H3. The highest BCUT2D eigenvalue weighted by atomic mass is 35.5. The van der Waals surface area contributed by atoms with Gasteiger partial charge in [-0.25, -0.2) is 13.4 Å². The maximum absolute atomic E-state index is 11.8. The largest absolute Gasteiger partial charge is 0.353 e. The Morgan fingerprint density at radius 1 is 1.59 bits per heavy atom. The summed E-state index contributed by atoms with van der Waals surface area (Å²) in [5.41, 5.74) is 0.820. The number of aromatic nitrogens is 1. The molecular formula is C10H13ClN2O2S2. The Balaban J connectivity index is 2.34. The Bertz CT molecular complexity index is 507. The third-order valence-electron chi connectivity index (χ3n) is 2.62. The van der Waals surface area contributed by atoms with Crippen LogP contribution in [0.15, 0.2) is 18.3 Å². The predicted octanol–water partition coefficient (Wildman–Crippen LogP) is 1.66. The highest BCUT2D eigenvalue weighted by Crippen LogP contribution is 2.27. The van der Waals surface area contributed by atoms with E-state index in [9.17, 15) is 8.42 Å². The van der Waals surface area contributed by atoms with Gasteiger partial charge in [0, 0.05) is 36.2 Å².